The predicted molar refractivity (Wildman–Crippen MR) is 85.5 cm³/mol. The summed E-state index contributed by atoms with van der Waals surface area (Å²) in [5.74, 6) is -0.000820. The van der Waals surface area contributed by atoms with E-state index in [-0.39, 0.29) is 16.2 Å². The summed E-state index contributed by atoms with van der Waals surface area (Å²) in [6.45, 7) is 1.88. The van der Waals surface area contributed by atoms with Gasteiger partial charge < -0.3 is 4.18 Å². The first kappa shape index (κ1) is 15.0. The Labute approximate surface area is 133 Å². The third kappa shape index (κ3) is 2.87. The van der Waals surface area contributed by atoms with Crippen molar-refractivity contribution in [3.05, 3.63) is 65.9 Å². The molecule has 0 saturated heterocycles. The van der Waals surface area contributed by atoms with Gasteiger partial charge in [0.15, 0.2) is 5.75 Å². The summed E-state index contributed by atoms with van der Waals surface area (Å²) < 4.78 is 30.4. The van der Waals surface area contributed by atoms with Crippen LogP contribution in [0.3, 0.4) is 0 Å². The van der Waals surface area contributed by atoms with Crippen molar-refractivity contribution in [1.29, 1.82) is 5.26 Å². The largest absolute Gasteiger partial charge is 0.377 e. The van der Waals surface area contributed by atoms with E-state index in [1.54, 1.807) is 30.5 Å². The van der Waals surface area contributed by atoms with E-state index in [1.807, 2.05) is 19.1 Å². The minimum atomic E-state index is -4.10. The van der Waals surface area contributed by atoms with Gasteiger partial charge in [-0.1, -0.05) is 24.3 Å². The minimum Gasteiger partial charge on any atom is -0.377 e. The highest BCUT2D eigenvalue weighted by Gasteiger charge is 2.22. The van der Waals surface area contributed by atoms with Crippen molar-refractivity contribution in [2.24, 2.45) is 0 Å². The van der Waals surface area contributed by atoms with Crippen LogP contribution in [-0.4, -0.2) is 13.4 Å². The molecule has 6 heteroatoms. The second-order valence-corrected chi connectivity index (χ2v) is 6.50. The van der Waals surface area contributed by atoms with E-state index < -0.39 is 10.1 Å². The van der Waals surface area contributed by atoms with Gasteiger partial charge in [-0.2, -0.15) is 13.7 Å². The fourth-order valence-electron chi connectivity index (χ4n) is 2.24. The lowest BCUT2D eigenvalue weighted by molar-refractivity contribution is 0.486. The normalized spacial score (nSPS) is 11.1. The molecule has 3 rings (SSSR count). The number of hydrogen-bond donors (Lipinski definition) is 0. The quantitative estimate of drug-likeness (QED) is 0.691. The van der Waals surface area contributed by atoms with Gasteiger partial charge in [-0.25, -0.2) is 0 Å². The number of aryl methyl sites for hydroxylation is 1. The van der Waals surface area contributed by atoms with Gasteiger partial charge in [0.25, 0.3) is 0 Å². The Morgan fingerprint density at radius 2 is 1.91 bits per heavy atom. The van der Waals surface area contributed by atoms with Gasteiger partial charge in [-0.15, -0.1) is 0 Å². The molecule has 114 valence electrons. The molecule has 1 aromatic heterocycles. The molecule has 0 N–H and O–H groups in total. The molecule has 5 nitrogen and oxygen atoms in total. The summed E-state index contributed by atoms with van der Waals surface area (Å²) in [7, 11) is -4.10. The predicted octanol–water partition coefficient (Wildman–Crippen LogP) is 3.18. The van der Waals surface area contributed by atoms with Crippen LogP contribution in [-0.2, 0) is 10.1 Å². The van der Waals surface area contributed by atoms with Crippen molar-refractivity contribution in [3.63, 3.8) is 0 Å². The van der Waals surface area contributed by atoms with Gasteiger partial charge in [0, 0.05) is 11.6 Å². The zero-order valence-corrected chi connectivity index (χ0v) is 13.0. The van der Waals surface area contributed by atoms with E-state index in [1.165, 1.54) is 18.2 Å². The average Bonchev–Trinajstić information content (AvgIpc) is 2.54. The van der Waals surface area contributed by atoms with Crippen LogP contribution in [0.15, 0.2) is 59.6 Å². The SMILES string of the molecule is Cc1cnc2c(S(=O)(=O)Oc3ccccc3C#N)cccc2c1. The molecule has 0 amide bonds. The van der Waals surface area contributed by atoms with Crippen LogP contribution in [0, 0.1) is 18.3 Å². The Balaban J connectivity index is 2.12. The van der Waals surface area contributed by atoms with E-state index in [2.05, 4.69) is 4.98 Å². The molecule has 0 atom stereocenters. The molecule has 23 heavy (non-hydrogen) atoms. The van der Waals surface area contributed by atoms with Crippen molar-refractivity contribution in [2.75, 3.05) is 0 Å². The van der Waals surface area contributed by atoms with E-state index in [0.29, 0.717) is 10.9 Å². The van der Waals surface area contributed by atoms with Crippen molar-refractivity contribution < 1.29 is 12.6 Å². The molecule has 1 heterocycles. The standard InChI is InChI=1S/C17H12N2O3S/c1-12-9-13-6-4-8-16(17(13)19-11-12)23(20,21)22-15-7-3-2-5-14(15)10-18/h2-9,11H,1H3. The number of nitrogens with zero attached hydrogens (tertiary/aromatic N) is 2. The number of benzene rings is 2. The number of para-hydroxylation sites is 2. The van der Waals surface area contributed by atoms with Crippen molar-refractivity contribution in [2.45, 2.75) is 11.8 Å². The zero-order chi connectivity index (χ0) is 16.4. The van der Waals surface area contributed by atoms with Crippen LogP contribution in [0.1, 0.15) is 11.1 Å². The first-order chi connectivity index (χ1) is 11.0. The molecule has 2 aromatic carbocycles. The zero-order valence-electron chi connectivity index (χ0n) is 12.2. The minimum absolute atomic E-state index is 0.000820. The molecule has 0 aliphatic carbocycles. The van der Waals surface area contributed by atoms with Crippen LogP contribution in [0.4, 0.5) is 0 Å². The van der Waals surface area contributed by atoms with E-state index >= 15 is 0 Å². The summed E-state index contributed by atoms with van der Waals surface area (Å²) in [5.41, 5.74) is 1.43. The molecule has 0 saturated carbocycles. The van der Waals surface area contributed by atoms with E-state index in [4.69, 9.17) is 9.44 Å². The number of fused-ring (bicyclic) bond motifs is 1. The molecule has 0 spiro atoms. The molecule has 0 radical (unpaired) electrons. The number of aromatic nitrogens is 1. The second kappa shape index (κ2) is 5.71. The van der Waals surface area contributed by atoms with Gasteiger partial charge >= 0.3 is 10.1 Å². The number of hydrogen-bond acceptors (Lipinski definition) is 5. The molecule has 0 aliphatic rings. The van der Waals surface area contributed by atoms with E-state index in [0.717, 1.165) is 5.56 Å². The maximum atomic E-state index is 12.6. The van der Waals surface area contributed by atoms with Crippen molar-refractivity contribution >= 4 is 21.0 Å². The Kier molecular flexibility index (Phi) is 3.72. The third-order valence-corrected chi connectivity index (χ3v) is 4.55. The first-order valence-corrected chi connectivity index (χ1v) is 8.21. The van der Waals surface area contributed by atoms with Crippen LogP contribution < -0.4 is 4.18 Å². The maximum absolute atomic E-state index is 12.6. The Morgan fingerprint density at radius 1 is 1.13 bits per heavy atom. The number of rotatable bonds is 3. The van der Waals surface area contributed by atoms with Crippen molar-refractivity contribution in [3.8, 4) is 11.8 Å². The molecule has 0 unspecified atom stereocenters. The van der Waals surface area contributed by atoms with Crippen LogP contribution in [0.25, 0.3) is 10.9 Å². The van der Waals surface area contributed by atoms with Gasteiger partial charge in [0.2, 0.25) is 0 Å². The molecule has 0 fully saturated rings. The molecule has 0 aliphatic heterocycles. The first-order valence-electron chi connectivity index (χ1n) is 6.80. The Hall–Kier alpha value is -2.91. The van der Waals surface area contributed by atoms with Gasteiger partial charge in [0.1, 0.15) is 11.0 Å². The van der Waals surface area contributed by atoms with Crippen LogP contribution in [0.5, 0.6) is 5.75 Å². The fraction of sp³-hybridized carbons (Fsp3) is 0.0588. The van der Waals surface area contributed by atoms with Gasteiger partial charge in [0.05, 0.1) is 11.1 Å². The van der Waals surface area contributed by atoms with E-state index in [9.17, 15) is 8.42 Å². The highest BCUT2D eigenvalue weighted by atomic mass is 32.2. The summed E-state index contributed by atoms with van der Waals surface area (Å²) in [6.07, 6.45) is 1.60. The highest BCUT2D eigenvalue weighted by Crippen LogP contribution is 2.26. The van der Waals surface area contributed by atoms with Crippen LogP contribution in [0.2, 0.25) is 0 Å². The summed E-state index contributed by atoms with van der Waals surface area (Å²) in [5, 5.41) is 9.76. The summed E-state index contributed by atoms with van der Waals surface area (Å²) >= 11 is 0. The Bertz CT molecular complexity index is 1040. The smallest absolute Gasteiger partial charge is 0.341 e. The number of nitriles is 1. The average molecular weight is 324 g/mol. The van der Waals surface area contributed by atoms with Gasteiger partial charge in [-0.05, 0) is 36.8 Å². The van der Waals surface area contributed by atoms with Crippen molar-refractivity contribution in [1.82, 2.24) is 4.98 Å². The lowest BCUT2D eigenvalue weighted by Crippen LogP contribution is -2.11. The molecular formula is C17H12N2O3S. The monoisotopic (exact) mass is 324 g/mol. The molecular weight excluding hydrogens is 312 g/mol. The second-order valence-electron chi connectivity index (χ2n) is 4.99. The van der Waals surface area contributed by atoms with Crippen LogP contribution >= 0.6 is 0 Å². The number of pyridine rings is 1. The lowest BCUT2D eigenvalue weighted by atomic mass is 10.2. The maximum Gasteiger partial charge on any atom is 0.341 e. The van der Waals surface area contributed by atoms with Gasteiger partial charge in [-0.3, -0.25) is 4.98 Å². The summed E-state index contributed by atoms with van der Waals surface area (Å²) in [4.78, 5) is 4.18. The topological polar surface area (TPSA) is 80.1 Å². The lowest BCUT2D eigenvalue weighted by Gasteiger charge is -2.10. The molecule has 0 bridgehead atoms. The fourth-order valence-corrected chi connectivity index (χ4v) is 3.36. The molecule has 3 aromatic rings. The summed E-state index contributed by atoms with van der Waals surface area (Å²) in [6, 6.07) is 14.8. The third-order valence-electron chi connectivity index (χ3n) is 3.29. The Morgan fingerprint density at radius 3 is 2.70 bits per heavy atom. The highest BCUT2D eigenvalue weighted by molar-refractivity contribution is 7.87.